The summed E-state index contributed by atoms with van der Waals surface area (Å²) in [5, 5.41) is 1.18. The number of furan rings is 1. The first-order chi connectivity index (χ1) is 12.3. The van der Waals surface area contributed by atoms with Crippen molar-refractivity contribution in [3.63, 3.8) is 0 Å². The van der Waals surface area contributed by atoms with Crippen LogP contribution in [0.2, 0.25) is 0 Å². The summed E-state index contributed by atoms with van der Waals surface area (Å²) in [7, 11) is 0. The number of fused-ring (bicyclic) bond motifs is 3. The molecule has 0 aliphatic carbocycles. The molecule has 0 bridgehead atoms. The van der Waals surface area contributed by atoms with Gasteiger partial charge in [0, 0.05) is 11.0 Å². The number of allylic oxidation sites excluding steroid dienone is 1. The molecule has 4 rings (SSSR count). The Morgan fingerprint density at radius 1 is 0.704 bits per heavy atom. The second kappa shape index (κ2) is 5.18. The van der Waals surface area contributed by atoms with Gasteiger partial charge in [0.2, 0.25) is 0 Å². The fourth-order valence-corrected chi connectivity index (χ4v) is 4.13. The summed E-state index contributed by atoms with van der Waals surface area (Å²) in [6, 6.07) is 0. The van der Waals surface area contributed by atoms with Crippen LogP contribution in [0, 0.1) is 27.7 Å². The molecule has 2 aliphatic rings. The molecule has 1 spiro atoms. The summed E-state index contributed by atoms with van der Waals surface area (Å²) in [6.45, 7) is 20.7. The lowest BCUT2D eigenvalue weighted by molar-refractivity contribution is -0.283. The smallest absolute Gasteiger partial charge is 0.353 e. The molecule has 0 unspecified atom stereocenters. The van der Waals surface area contributed by atoms with E-state index < -0.39 is 17.2 Å². The van der Waals surface area contributed by atoms with Crippen LogP contribution in [0.25, 0.3) is 16.5 Å². The standard InChI is InChI=1S/C23H30O4/c1-11-12(2)19-18(20-17(11)14(4)16(6)24-20)13(3)15(5)23(25-19)26-21(7,8)22(9,10)27-23/h1-10H3. The van der Waals surface area contributed by atoms with Crippen LogP contribution in [0.1, 0.15) is 69.6 Å². The summed E-state index contributed by atoms with van der Waals surface area (Å²) in [5.74, 6) is 0.540. The third-order valence-electron chi connectivity index (χ3n) is 6.98. The molecule has 4 heteroatoms. The van der Waals surface area contributed by atoms with Gasteiger partial charge in [-0.25, -0.2) is 0 Å². The lowest BCUT2D eigenvalue weighted by atomic mass is 9.90. The van der Waals surface area contributed by atoms with Crippen molar-refractivity contribution < 1.29 is 18.6 Å². The molecular weight excluding hydrogens is 340 g/mol. The predicted octanol–water partition coefficient (Wildman–Crippen LogP) is 6.11. The molecule has 2 aromatic rings. The lowest BCUT2D eigenvalue weighted by Crippen LogP contribution is -2.43. The van der Waals surface area contributed by atoms with E-state index in [-0.39, 0.29) is 0 Å². The molecule has 4 nitrogen and oxygen atoms in total. The van der Waals surface area contributed by atoms with Crippen molar-refractivity contribution in [2.45, 2.75) is 86.4 Å². The van der Waals surface area contributed by atoms with E-state index >= 15 is 0 Å². The molecule has 1 aromatic heterocycles. The zero-order valence-electron chi connectivity index (χ0n) is 18.1. The molecule has 0 radical (unpaired) electrons. The van der Waals surface area contributed by atoms with Gasteiger partial charge in [0.05, 0.1) is 16.8 Å². The van der Waals surface area contributed by atoms with Crippen molar-refractivity contribution in [3.05, 3.63) is 33.6 Å². The van der Waals surface area contributed by atoms with E-state index in [1.54, 1.807) is 0 Å². The van der Waals surface area contributed by atoms with Gasteiger partial charge in [-0.15, -0.1) is 0 Å². The quantitative estimate of drug-likeness (QED) is 0.561. The van der Waals surface area contributed by atoms with Crippen molar-refractivity contribution in [2.75, 3.05) is 0 Å². The third kappa shape index (κ3) is 2.17. The largest absolute Gasteiger partial charge is 0.460 e. The maximum Gasteiger partial charge on any atom is 0.353 e. The maximum atomic E-state index is 6.54. The van der Waals surface area contributed by atoms with Gasteiger partial charge < -0.3 is 18.6 Å². The van der Waals surface area contributed by atoms with Gasteiger partial charge in [0.25, 0.3) is 0 Å². The summed E-state index contributed by atoms with van der Waals surface area (Å²) in [4.78, 5) is 0. The van der Waals surface area contributed by atoms with Crippen LogP contribution >= 0.6 is 0 Å². The Bertz CT molecular complexity index is 1000. The second-order valence-corrected chi connectivity index (χ2v) is 9.07. The Labute approximate surface area is 161 Å². The fraction of sp³-hybridized carbons (Fsp3) is 0.565. The normalized spacial score (nSPS) is 22.4. The first-order valence-corrected chi connectivity index (χ1v) is 9.63. The van der Waals surface area contributed by atoms with Crippen molar-refractivity contribution in [1.82, 2.24) is 0 Å². The van der Waals surface area contributed by atoms with Gasteiger partial charge in [-0.1, -0.05) is 0 Å². The van der Waals surface area contributed by atoms with Gasteiger partial charge in [-0.05, 0) is 91.5 Å². The van der Waals surface area contributed by atoms with E-state index in [0.29, 0.717) is 0 Å². The maximum absolute atomic E-state index is 6.54. The van der Waals surface area contributed by atoms with Crippen LogP contribution < -0.4 is 4.74 Å². The monoisotopic (exact) mass is 370 g/mol. The van der Waals surface area contributed by atoms with Crippen LogP contribution in [-0.2, 0) is 9.47 Å². The Morgan fingerprint density at radius 3 is 1.81 bits per heavy atom. The van der Waals surface area contributed by atoms with E-state index in [1.807, 2.05) is 41.5 Å². The number of hydrogen-bond donors (Lipinski definition) is 0. The van der Waals surface area contributed by atoms with Gasteiger partial charge in [-0.2, -0.15) is 0 Å². The van der Waals surface area contributed by atoms with Crippen molar-refractivity contribution in [2.24, 2.45) is 0 Å². The van der Waals surface area contributed by atoms with Crippen LogP contribution in [0.15, 0.2) is 9.99 Å². The lowest BCUT2D eigenvalue weighted by Gasteiger charge is -2.37. The summed E-state index contributed by atoms with van der Waals surface area (Å²) in [6.07, 6.45) is 0. The highest BCUT2D eigenvalue weighted by Crippen LogP contribution is 2.55. The number of rotatable bonds is 0. The average Bonchev–Trinajstić information content (AvgIpc) is 2.93. The fourth-order valence-electron chi connectivity index (χ4n) is 4.13. The molecular formula is C23H30O4. The van der Waals surface area contributed by atoms with Crippen molar-refractivity contribution >= 4 is 16.5 Å². The molecule has 146 valence electrons. The minimum Gasteiger partial charge on any atom is -0.460 e. The zero-order chi connectivity index (χ0) is 20.1. The highest BCUT2D eigenvalue weighted by molar-refractivity contribution is 5.99. The van der Waals surface area contributed by atoms with E-state index in [2.05, 4.69) is 27.7 Å². The predicted molar refractivity (Wildman–Crippen MR) is 107 cm³/mol. The highest BCUT2D eigenvalue weighted by Gasteiger charge is 2.61. The van der Waals surface area contributed by atoms with Gasteiger partial charge >= 0.3 is 5.97 Å². The second-order valence-electron chi connectivity index (χ2n) is 9.07. The van der Waals surface area contributed by atoms with Crippen LogP contribution in [0.3, 0.4) is 0 Å². The zero-order valence-corrected chi connectivity index (χ0v) is 18.1. The first kappa shape index (κ1) is 18.6. The molecule has 3 heterocycles. The summed E-state index contributed by atoms with van der Waals surface area (Å²) in [5.41, 5.74) is 6.42. The SMILES string of the molecule is CC1=C(C)C2(Oc3c(C)c(C)c4c(C)c(C)oc4c31)OC(C)(C)C(C)(C)O2. The molecule has 0 saturated carbocycles. The molecule has 27 heavy (non-hydrogen) atoms. The molecule has 1 aromatic carbocycles. The minimum absolute atomic E-state index is 0.489. The van der Waals surface area contributed by atoms with E-state index in [1.165, 1.54) is 16.5 Å². The first-order valence-electron chi connectivity index (χ1n) is 9.63. The van der Waals surface area contributed by atoms with Crippen LogP contribution in [-0.4, -0.2) is 17.2 Å². The summed E-state index contributed by atoms with van der Waals surface area (Å²) < 4.78 is 25.6. The van der Waals surface area contributed by atoms with E-state index in [9.17, 15) is 0 Å². The molecule has 1 saturated heterocycles. The third-order valence-corrected chi connectivity index (χ3v) is 6.98. The van der Waals surface area contributed by atoms with Crippen LogP contribution in [0.5, 0.6) is 5.75 Å². The van der Waals surface area contributed by atoms with E-state index in [0.717, 1.165) is 39.4 Å². The molecule has 2 aliphatic heterocycles. The highest BCUT2D eigenvalue weighted by atomic mass is 16.9. The van der Waals surface area contributed by atoms with Gasteiger partial charge in [0.1, 0.15) is 17.1 Å². The molecule has 0 atom stereocenters. The Balaban J connectivity index is 2.04. The van der Waals surface area contributed by atoms with E-state index in [4.69, 9.17) is 18.6 Å². The topological polar surface area (TPSA) is 40.8 Å². The number of hydrogen-bond acceptors (Lipinski definition) is 4. The Morgan fingerprint density at radius 2 is 1.26 bits per heavy atom. The Kier molecular flexibility index (Phi) is 3.56. The minimum atomic E-state index is -1.20. The number of ether oxygens (including phenoxy) is 3. The number of aryl methyl sites for hydroxylation is 3. The van der Waals surface area contributed by atoms with Crippen molar-refractivity contribution in [3.8, 4) is 5.75 Å². The van der Waals surface area contributed by atoms with Crippen molar-refractivity contribution in [1.29, 1.82) is 0 Å². The average molecular weight is 370 g/mol. The van der Waals surface area contributed by atoms with Crippen LogP contribution in [0.4, 0.5) is 0 Å². The number of benzene rings is 1. The Hall–Kier alpha value is -1.78. The van der Waals surface area contributed by atoms with Gasteiger partial charge in [-0.3, -0.25) is 0 Å². The molecule has 1 fully saturated rings. The molecule has 0 amide bonds. The molecule has 0 N–H and O–H groups in total. The van der Waals surface area contributed by atoms with Gasteiger partial charge in [0.15, 0.2) is 0 Å². The summed E-state index contributed by atoms with van der Waals surface area (Å²) >= 11 is 0.